The molecule has 1 unspecified atom stereocenters. The molecule has 0 aliphatic rings. The van der Waals surface area contributed by atoms with E-state index in [0.29, 0.717) is 5.75 Å². The number of rotatable bonds is 3. The molecule has 118 valence electrons. The third kappa shape index (κ3) is 3.07. The molecule has 0 radical (unpaired) electrons. The van der Waals surface area contributed by atoms with Gasteiger partial charge < -0.3 is 8.94 Å². The highest BCUT2D eigenvalue weighted by molar-refractivity contribution is 14.2. The van der Waals surface area contributed by atoms with Crippen LogP contribution in [0, 0.1) is 17.5 Å². The second kappa shape index (κ2) is 6.49. The first-order chi connectivity index (χ1) is 11.0. The summed E-state index contributed by atoms with van der Waals surface area (Å²) in [6.45, 7) is 0.206. The summed E-state index contributed by atoms with van der Waals surface area (Å²) in [7, 11) is 0. The van der Waals surface area contributed by atoms with Crippen molar-refractivity contribution in [2.45, 2.75) is 0 Å². The third-order valence-electron chi connectivity index (χ3n) is 3.20. The van der Waals surface area contributed by atoms with E-state index in [4.69, 9.17) is 8.94 Å². The van der Waals surface area contributed by atoms with Gasteiger partial charge in [0.25, 0.3) is 0 Å². The molecule has 1 aromatic heterocycles. The van der Waals surface area contributed by atoms with Crippen LogP contribution in [0.15, 0.2) is 45.8 Å². The second-order valence-electron chi connectivity index (χ2n) is 4.57. The minimum atomic E-state index is -1.58. The van der Waals surface area contributed by atoms with Crippen LogP contribution in [0.25, 0.3) is 22.1 Å². The number of halogens is 4. The normalized spacial score (nSPS) is 11.5. The Bertz CT molecular complexity index is 935. The van der Waals surface area contributed by atoms with Crippen LogP contribution in [0.4, 0.5) is 13.2 Å². The van der Waals surface area contributed by atoms with Crippen molar-refractivity contribution in [1.82, 2.24) is 0 Å². The average Bonchev–Trinajstić information content (AvgIpc) is 2.53. The van der Waals surface area contributed by atoms with E-state index in [1.165, 1.54) is 6.07 Å². The molecule has 0 saturated carbocycles. The molecule has 3 rings (SSSR count). The van der Waals surface area contributed by atoms with Crippen LogP contribution >= 0.6 is 28.5 Å². The van der Waals surface area contributed by atoms with Crippen molar-refractivity contribution in [3.63, 3.8) is 0 Å². The summed E-state index contributed by atoms with van der Waals surface area (Å²) in [6.07, 6.45) is 1.09. The largest absolute Gasteiger partial charge is 0.467 e. The molecule has 3 nitrogen and oxygen atoms in total. The molecule has 0 aliphatic heterocycles. The van der Waals surface area contributed by atoms with Gasteiger partial charge in [-0.15, -0.1) is 0 Å². The van der Waals surface area contributed by atoms with Crippen LogP contribution in [0.5, 0.6) is 5.75 Å². The van der Waals surface area contributed by atoms with Crippen molar-refractivity contribution in [1.29, 1.82) is 0 Å². The van der Waals surface area contributed by atoms with E-state index in [-0.39, 0.29) is 28.5 Å². The molecule has 3 aromatic rings. The van der Waals surface area contributed by atoms with Crippen molar-refractivity contribution < 1.29 is 22.1 Å². The van der Waals surface area contributed by atoms with Crippen molar-refractivity contribution in [3.05, 3.63) is 64.3 Å². The highest BCUT2D eigenvalue weighted by atomic mass is 127. The monoisotopic (exact) mass is 450 g/mol. The van der Waals surface area contributed by atoms with Gasteiger partial charge in [-0.1, -0.05) is 0 Å². The molecule has 23 heavy (non-hydrogen) atoms. The fourth-order valence-electron chi connectivity index (χ4n) is 2.13. The Hall–Kier alpha value is -1.60. The van der Waals surface area contributed by atoms with Gasteiger partial charge in [-0.05, 0) is 51.9 Å². The van der Waals surface area contributed by atoms with E-state index in [9.17, 15) is 18.0 Å². The van der Waals surface area contributed by atoms with Crippen molar-refractivity contribution in [2.75, 3.05) is 0 Å². The molecule has 0 fully saturated rings. The molecule has 8 heteroatoms. The van der Waals surface area contributed by atoms with E-state index in [0.717, 1.165) is 18.4 Å². The molecular formula is C15H7F3IO3P. The van der Waals surface area contributed by atoms with Crippen molar-refractivity contribution in [2.24, 2.45) is 0 Å². The summed E-state index contributed by atoms with van der Waals surface area (Å²) in [5.41, 5.74) is -0.333. The minimum Gasteiger partial charge on any atom is -0.467 e. The van der Waals surface area contributed by atoms with E-state index in [1.807, 2.05) is 0 Å². The van der Waals surface area contributed by atoms with E-state index in [2.05, 4.69) is 22.0 Å². The standard InChI is InChI=1S/C15H7F3IO3P/c16-11-3-7(4-12(17)14(11)18)10-6-21-13-5-8(22-23-19)1-2-9(13)15(10)20/h1-6,23H. The van der Waals surface area contributed by atoms with Crippen LogP contribution < -0.4 is 9.95 Å². The summed E-state index contributed by atoms with van der Waals surface area (Å²) in [4.78, 5) is 12.5. The van der Waals surface area contributed by atoms with Gasteiger partial charge in [-0.25, -0.2) is 13.2 Å². The molecular weight excluding hydrogens is 443 g/mol. The topological polar surface area (TPSA) is 39.4 Å². The summed E-state index contributed by atoms with van der Waals surface area (Å²) in [5.74, 6) is -3.78. The Labute approximate surface area is 142 Å². The molecule has 2 aromatic carbocycles. The Kier molecular flexibility index (Phi) is 4.59. The Morgan fingerprint density at radius 2 is 1.78 bits per heavy atom. The van der Waals surface area contributed by atoms with Crippen LogP contribution in [0.2, 0.25) is 0 Å². The molecule has 0 N–H and O–H groups in total. The quantitative estimate of drug-likeness (QED) is 0.313. The zero-order valence-corrected chi connectivity index (χ0v) is 14.4. The van der Waals surface area contributed by atoms with Crippen molar-refractivity contribution in [3.8, 4) is 16.9 Å². The number of benzene rings is 2. The fraction of sp³-hybridized carbons (Fsp3) is 0. The van der Waals surface area contributed by atoms with E-state index >= 15 is 0 Å². The first-order valence-corrected chi connectivity index (χ1v) is 10.3. The zero-order valence-electron chi connectivity index (χ0n) is 11.2. The number of hydrogen-bond acceptors (Lipinski definition) is 3. The molecule has 1 heterocycles. The fourth-order valence-corrected chi connectivity index (χ4v) is 3.11. The molecule has 0 amide bonds. The molecule has 0 aliphatic carbocycles. The maximum absolute atomic E-state index is 13.3. The lowest BCUT2D eigenvalue weighted by Gasteiger charge is -2.06. The maximum Gasteiger partial charge on any atom is 0.200 e. The Morgan fingerprint density at radius 3 is 2.43 bits per heavy atom. The molecule has 1 atom stereocenters. The number of hydrogen-bond donors (Lipinski definition) is 0. The average molecular weight is 450 g/mol. The van der Waals surface area contributed by atoms with Gasteiger partial charge >= 0.3 is 0 Å². The van der Waals surface area contributed by atoms with Gasteiger partial charge in [0.1, 0.15) is 24.0 Å². The van der Waals surface area contributed by atoms with Crippen molar-refractivity contribution >= 4 is 39.5 Å². The summed E-state index contributed by atoms with van der Waals surface area (Å²) < 4.78 is 50.4. The Balaban J connectivity index is 2.18. The first kappa shape index (κ1) is 16.3. The van der Waals surface area contributed by atoms with Crippen LogP contribution in [0.3, 0.4) is 0 Å². The van der Waals surface area contributed by atoms with Crippen LogP contribution in [-0.4, -0.2) is 0 Å². The zero-order chi connectivity index (χ0) is 16.6. The second-order valence-corrected chi connectivity index (χ2v) is 6.25. The van der Waals surface area contributed by atoms with Crippen LogP contribution in [-0.2, 0) is 0 Å². The van der Waals surface area contributed by atoms with E-state index in [1.54, 1.807) is 12.1 Å². The van der Waals surface area contributed by atoms with Gasteiger partial charge in [0.2, 0.25) is 0 Å². The van der Waals surface area contributed by atoms with Crippen LogP contribution in [0.1, 0.15) is 0 Å². The van der Waals surface area contributed by atoms with Gasteiger partial charge in [0.15, 0.2) is 22.9 Å². The third-order valence-corrected chi connectivity index (χ3v) is 4.17. The van der Waals surface area contributed by atoms with Gasteiger partial charge in [-0.2, -0.15) is 0 Å². The maximum atomic E-state index is 13.3. The minimum absolute atomic E-state index is 0.0558. The lowest BCUT2D eigenvalue weighted by atomic mass is 10.0. The molecule has 0 saturated heterocycles. The summed E-state index contributed by atoms with van der Waals surface area (Å²) in [6, 6.07) is 6.17. The van der Waals surface area contributed by atoms with E-state index < -0.39 is 22.9 Å². The van der Waals surface area contributed by atoms with Gasteiger partial charge in [0.05, 0.1) is 10.9 Å². The predicted octanol–water partition coefficient (Wildman–Crippen LogP) is 5.20. The molecule has 0 bridgehead atoms. The highest BCUT2D eigenvalue weighted by Gasteiger charge is 2.15. The number of fused-ring (bicyclic) bond motifs is 1. The lowest BCUT2D eigenvalue weighted by Crippen LogP contribution is -2.05. The Morgan fingerprint density at radius 1 is 1.09 bits per heavy atom. The summed E-state index contributed by atoms with van der Waals surface area (Å²) >= 11 is 2.05. The smallest absolute Gasteiger partial charge is 0.200 e. The molecule has 0 spiro atoms. The van der Waals surface area contributed by atoms with Gasteiger partial charge in [-0.3, -0.25) is 4.79 Å². The van der Waals surface area contributed by atoms with Gasteiger partial charge in [0, 0.05) is 6.07 Å². The SMILES string of the molecule is O=c1c(-c2cc(F)c(F)c(F)c2)coc2cc(OPI)ccc12. The lowest BCUT2D eigenvalue weighted by molar-refractivity contribution is 0.447. The first-order valence-electron chi connectivity index (χ1n) is 6.24. The summed E-state index contributed by atoms with van der Waals surface area (Å²) in [5, 5.41) is 0.233. The highest BCUT2D eigenvalue weighted by Crippen LogP contribution is 2.30. The predicted molar refractivity (Wildman–Crippen MR) is 90.8 cm³/mol.